The number of hydrogen-bond donors (Lipinski definition) is 2. The highest BCUT2D eigenvalue weighted by atomic mass is 19.1. The van der Waals surface area contributed by atoms with Gasteiger partial charge in [-0.1, -0.05) is 17.3 Å². The normalized spacial score (nSPS) is 14.7. The number of nitrogen functional groups attached to an aromatic ring is 1. The molecule has 0 unspecified atom stereocenters. The van der Waals surface area contributed by atoms with Gasteiger partial charge in [0.05, 0.1) is 23.4 Å². The Bertz CT molecular complexity index is 1390. The molecule has 0 fully saturated rings. The van der Waals surface area contributed by atoms with Crippen molar-refractivity contribution in [3.05, 3.63) is 89.2 Å². The molecule has 2 aromatic heterocycles. The lowest BCUT2D eigenvalue weighted by Crippen LogP contribution is -2.15. The molecule has 1 aliphatic rings. The van der Waals surface area contributed by atoms with Gasteiger partial charge in [0, 0.05) is 22.9 Å². The number of fused-ring (bicyclic) bond motifs is 3. The van der Waals surface area contributed by atoms with Crippen molar-refractivity contribution in [1.82, 2.24) is 10.1 Å². The Labute approximate surface area is 189 Å². The van der Waals surface area contributed by atoms with E-state index in [0.29, 0.717) is 28.5 Å². The Kier molecular flexibility index (Phi) is 4.97. The number of aromatic nitrogens is 2. The number of aryl methyl sites for hydroxylation is 1. The van der Waals surface area contributed by atoms with Gasteiger partial charge < -0.3 is 16.0 Å². The van der Waals surface area contributed by atoms with E-state index in [4.69, 9.17) is 21.0 Å². The van der Waals surface area contributed by atoms with Crippen molar-refractivity contribution < 1.29 is 13.7 Å². The SMILES string of the molecule is Cc1noc2c1-c1ccc(-c3ccc(N)nc3)cc1C(c1ccc(F)cc1)=N[C@H]2CC(N)=O. The number of rotatable bonds is 4. The number of aliphatic imine (C=N–C) groups is 1. The van der Waals surface area contributed by atoms with Crippen molar-refractivity contribution in [2.24, 2.45) is 10.7 Å². The van der Waals surface area contributed by atoms with Crippen LogP contribution >= 0.6 is 0 Å². The first-order valence-corrected chi connectivity index (χ1v) is 10.4. The number of pyridine rings is 1. The molecule has 0 bridgehead atoms. The number of carbonyl (C=O) groups excluding carboxylic acids is 1. The Hall–Kier alpha value is -4.33. The van der Waals surface area contributed by atoms with E-state index in [1.165, 1.54) is 12.1 Å². The van der Waals surface area contributed by atoms with Gasteiger partial charge in [-0.25, -0.2) is 9.37 Å². The number of halogens is 1. The minimum Gasteiger partial charge on any atom is -0.384 e. The first kappa shape index (κ1) is 20.6. The van der Waals surface area contributed by atoms with E-state index in [-0.39, 0.29) is 12.2 Å². The first-order chi connectivity index (χ1) is 15.9. The summed E-state index contributed by atoms with van der Waals surface area (Å²) in [6.45, 7) is 1.84. The molecule has 4 aromatic rings. The van der Waals surface area contributed by atoms with Crippen molar-refractivity contribution in [3.8, 4) is 22.3 Å². The molecule has 0 aliphatic carbocycles. The predicted molar refractivity (Wildman–Crippen MR) is 123 cm³/mol. The van der Waals surface area contributed by atoms with Gasteiger partial charge in [0.1, 0.15) is 17.7 Å². The minimum atomic E-state index is -0.659. The zero-order chi connectivity index (χ0) is 23.1. The van der Waals surface area contributed by atoms with Crippen LogP contribution in [0, 0.1) is 12.7 Å². The Morgan fingerprint density at radius 2 is 1.76 bits per heavy atom. The summed E-state index contributed by atoms with van der Waals surface area (Å²) >= 11 is 0. The molecule has 0 radical (unpaired) electrons. The molecule has 33 heavy (non-hydrogen) atoms. The van der Waals surface area contributed by atoms with Crippen LogP contribution in [0.4, 0.5) is 10.2 Å². The molecule has 1 atom stereocenters. The highest BCUT2D eigenvalue weighted by molar-refractivity contribution is 6.17. The zero-order valence-corrected chi connectivity index (χ0v) is 17.7. The lowest BCUT2D eigenvalue weighted by Gasteiger charge is -2.13. The molecule has 7 nitrogen and oxygen atoms in total. The summed E-state index contributed by atoms with van der Waals surface area (Å²) in [5, 5.41) is 4.13. The first-order valence-electron chi connectivity index (χ1n) is 10.4. The average molecular weight is 441 g/mol. The topological polar surface area (TPSA) is 120 Å². The molecule has 0 spiro atoms. The second-order valence-corrected chi connectivity index (χ2v) is 7.91. The highest BCUT2D eigenvalue weighted by Crippen LogP contribution is 2.42. The summed E-state index contributed by atoms with van der Waals surface area (Å²) in [4.78, 5) is 20.9. The zero-order valence-electron chi connectivity index (χ0n) is 17.7. The fraction of sp³-hybridized carbons (Fsp3) is 0.120. The fourth-order valence-corrected chi connectivity index (χ4v) is 4.11. The van der Waals surface area contributed by atoms with Crippen LogP contribution in [0.3, 0.4) is 0 Å². The standard InChI is InChI=1S/C25H20FN5O2/c1-13-23-18-8-4-15(16-5-9-21(27)29-12-16)10-19(18)24(14-2-6-17(26)7-3-14)30-20(11-22(28)32)25(23)33-31-13/h2-10,12,20H,11H2,1H3,(H2,27,29)(H2,28,32)/t20-/m0/s1. The molecule has 0 saturated heterocycles. The molecule has 5 rings (SSSR count). The Morgan fingerprint density at radius 3 is 2.45 bits per heavy atom. The molecule has 8 heteroatoms. The predicted octanol–water partition coefficient (Wildman–Crippen LogP) is 4.20. The van der Waals surface area contributed by atoms with Crippen LogP contribution in [0.1, 0.15) is 35.0 Å². The molecular formula is C25H20FN5O2. The van der Waals surface area contributed by atoms with Gasteiger partial charge in [-0.15, -0.1) is 0 Å². The summed E-state index contributed by atoms with van der Waals surface area (Å²) in [5.74, 6) is 0.0463. The lowest BCUT2D eigenvalue weighted by molar-refractivity contribution is -0.118. The monoisotopic (exact) mass is 441 g/mol. The van der Waals surface area contributed by atoms with Crippen LogP contribution in [0.15, 0.2) is 70.3 Å². The van der Waals surface area contributed by atoms with E-state index in [9.17, 15) is 9.18 Å². The number of benzene rings is 2. The van der Waals surface area contributed by atoms with E-state index in [1.54, 1.807) is 24.4 Å². The molecule has 4 N–H and O–H groups in total. The van der Waals surface area contributed by atoms with Crippen LogP contribution in [0.25, 0.3) is 22.3 Å². The fourth-order valence-electron chi connectivity index (χ4n) is 4.11. The van der Waals surface area contributed by atoms with Gasteiger partial charge in [0.25, 0.3) is 0 Å². The summed E-state index contributed by atoms with van der Waals surface area (Å²) in [5.41, 5.74) is 17.5. The third kappa shape index (κ3) is 3.76. The third-order valence-electron chi connectivity index (χ3n) is 5.65. The van der Waals surface area contributed by atoms with Crippen molar-refractivity contribution in [2.45, 2.75) is 19.4 Å². The number of hydrogen-bond acceptors (Lipinski definition) is 6. The van der Waals surface area contributed by atoms with Gasteiger partial charge >= 0.3 is 0 Å². The molecule has 3 heterocycles. The Morgan fingerprint density at radius 1 is 1.03 bits per heavy atom. The number of carbonyl (C=O) groups is 1. The third-order valence-corrected chi connectivity index (χ3v) is 5.65. The number of primary amides is 1. The maximum atomic E-state index is 13.7. The number of amides is 1. The molecule has 1 amide bonds. The van der Waals surface area contributed by atoms with Crippen molar-refractivity contribution >= 4 is 17.4 Å². The van der Waals surface area contributed by atoms with Gasteiger partial charge in [0.2, 0.25) is 5.91 Å². The van der Waals surface area contributed by atoms with Crippen LogP contribution in [-0.4, -0.2) is 21.8 Å². The smallest absolute Gasteiger partial charge is 0.220 e. The molecule has 1 aliphatic heterocycles. The number of anilines is 1. The van der Waals surface area contributed by atoms with Crippen molar-refractivity contribution in [1.29, 1.82) is 0 Å². The van der Waals surface area contributed by atoms with E-state index >= 15 is 0 Å². The summed E-state index contributed by atoms with van der Waals surface area (Å²) < 4.78 is 19.3. The second kappa shape index (κ2) is 7.98. The lowest BCUT2D eigenvalue weighted by atomic mass is 9.90. The van der Waals surface area contributed by atoms with Gasteiger partial charge in [-0.2, -0.15) is 0 Å². The van der Waals surface area contributed by atoms with Crippen LogP contribution in [0.2, 0.25) is 0 Å². The molecule has 164 valence electrons. The van der Waals surface area contributed by atoms with Crippen LogP contribution in [0.5, 0.6) is 0 Å². The van der Waals surface area contributed by atoms with E-state index in [2.05, 4.69) is 10.1 Å². The number of nitrogens with two attached hydrogens (primary N) is 2. The van der Waals surface area contributed by atoms with Gasteiger partial charge in [-0.05, 0) is 60.5 Å². The quantitative estimate of drug-likeness (QED) is 0.492. The van der Waals surface area contributed by atoms with Gasteiger partial charge in [0.15, 0.2) is 5.76 Å². The average Bonchev–Trinajstić information content (AvgIpc) is 3.12. The maximum absolute atomic E-state index is 13.7. The van der Waals surface area contributed by atoms with Gasteiger partial charge in [-0.3, -0.25) is 9.79 Å². The number of nitrogens with zero attached hydrogens (tertiary/aromatic N) is 3. The van der Waals surface area contributed by atoms with E-state index in [1.807, 2.05) is 31.2 Å². The van der Waals surface area contributed by atoms with E-state index < -0.39 is 11.9 Å². The highest BCUT2D eigenvalue weighted by Gasteiger charge is 2.31. The van der Waals surface area contributed by atoms with Crippen LogP contribution < -0.4 is 11.5 Å². The Balaban J connectivity index is 1.78. The van der Waals surface area contributed by atoms with E-state index in [0.717, 1.165) is 27.8 Å². The maximum Gasteiger partial charge on any atom is 0.220 e. The van der Waals surface area contributed by atoms with Crippen molar-refractivity contribution in [2.75, 3.05) is 5.73 Å². The molecule has 0 saturated carbocycles. The summed E-state index contributed by atoms with van der Waals surface area (Å²) in [6.07, 6.45) is 1.66. The summed E-state index contributed by atoms with van der Waals surface area (Å²) in [7, 11) is 0. The largest absolute Gasteiger partial charge is 0.384 e. The summed E-state index contributed by atoms with van der Waals surface area (Å²) in [6, 6.07) is 15.0. The molecular weight excluding hydrogens is 421 g/mol. The van der Waals surface area contributed by atoms with Crippen molar-refractivity contribution in [3.63, 3.8) is 0 Å². The van der Waals surface area contributed by atoms with Crippen LogP contribution in [-0.2, 0) is 4.79 Å². The minimum absolute atomic E-state index is 0.0466. The second-order valence-electron chi connectivity index (χ2n) is 7.91. The molecule has 2 aromatic carbocycles.